The van der Waals surface area contributed by atoms with Crippen molar-refractivity contribution in [3.8, 4) is 11.1 Å². The Morgan fingerprint density at radius 3 is 2.26 bits per heavy atom. The highest BCUT2D eigenvalue weighted by Crippen LogP contribution is 2.44. The van der Waals surface area contributed by atoms with Crippen LogP contribution in [0.2, 0.25) is 0 Å². The van der Waals surface area contributed by atoms with Gasteiger partial charge in [-0.3, -0.25) is 9.59 Å². The molecule has 2 amide bonds. The number of fused-ring (bicyclic) bond motifs is 3. The van der Waals surface area contributed by atoms with Crippen LogP contribution in [0.1, 0.15) is 49.1 Å². The lowest BCUT2D eigenvalue weighted by Crippen LogP contribution is -2.34. The first-order valence-electron chi connectivity index (χ1n) is 12.1. The quantitative estimate of drug-likeness (QED) is 0.552. The van der Waals surface area contributed by atoms with Gasteiger partial charge in [0, 0.05) is 24.9 Å². The lowest BCUT2D eigenvalue weighted by atomic mass is 9.98. The van der Waals surface area contributed by atoms with E-state index >= 15 is 0 Å². The maximum absolute atomic E-state index is 12.5. The molecule has 0 bridgehead atoms. The van der Waals surface area contributed by atoms with Crippen LogP contribution in [-0.2, 0) is 14.3 Å². The molecule has 0 aromatic heterocycles. The Labute approximate surface area is 198 Å². The Bertz CT molecular complexity index is 1050. The first-order valence-corrected chi connectivity index (χ1v) is 12.1. The molecule has 7 heteroatoms. The monoisotopic (exact) mass is 462 g/mol. The van der Waals surface area contributed by atoms with E-state index in [1.54, 1.807) is 0 Å². The number of nitrogens with one attached hydrogen (secondary N) is 2. The third-order valence-corrected chi connectivity index (χ3v) is 7.48. The molecular weight excluding hydrogens is 432 g/mol. The number of hydrogen-bond donors (Lipinski definition) is 3. The van der Waals surface area contributed by atoms with Gasteiger partial charge >= 0.3 is 12.1 Å². The molecule has 5 rings (SSSR count). The van der Waals surface area contributed by atoms with Gasteiger partial charge in [0.05, 0.1) is 5.92 Å². The van der Waals surface area contributed by atoms with Crippen molar-refractivity contribution in [2.45, 2.75) is 44.1 Å². The molecule has 4 atom stereocenters. The summed E-state index contributed by atoms with van der Waals surface area (Å²) in [6, 6.07) is 16.5. The third-order valence-electron chi connectivity index (χ3n) is 7.48. The number of aliphatic carboxylic acids is 1. The molecule has 2 aromatic rings. The van der Waals surface area contributed by atoms with Gasteiger partial charge in [-0.1, -0.05) is 48.5 Å². The van der Waals surface area contributed by atoms with E-state index in [0.29, 0.717) is 19.4 Å². The van der Waals surface area contributed by atoms with Crippen LogP contribution in [0.25, 0.3) is 11.1 Å². The van der Waals surface area contributed by atoms with E-state index in [9.17, 15) is 14.4 Å². The summed E-state index contributed by atoms with van der Waals surface area (Å²) in [4.78, 5) is 35.6. The van der Waals surface area contributed by atoms with Crippen molar-refractivity contribution in [1.29, 1.82) is 0 Å². The number of carbonyl (C=O) groups is 3. The molecule has 7 nitrogen and oxygen atoms in total. The summed E-state index contributed by atoms with van der Waals surface area (Å²) in [5.41, 5.74) is 4.77. The van der Waals surface area contributed by atoms with Gasteiger partial charge in [0.1, 0.15) is 6.61 Å². The second kappa shape index (κ2) is 9.49. The highest BCUT2D eigenvalue weighted by atomic mass is 16.5. The summed E-state index contributed by atoms with van der Waals surface area (Å²) in [5, 5.41) is 14.8. The lowest BCUT2D eigenvalue weighted by Gasteiger charge is -2.17. The molecule has 0 heterocycles. The molecule has 3 aliphatic carbocycles. The second-order valence-corrected chi connectivity index (χ2v) is 9.79. The van der Waals surface area contributed by atoms with Gasteiger partial charge < -0.3 is 20.5 Å². The Hall–Kier alpha value is -3.35. The zero-order chi connectivity index (χ0) is 23.7. The Morgan fingerprint density at radius 1 is 0.941 bits per heavy atom. The van der Waals surface area contributed by atoms with Crippen molar-refractivity contribution in [3.63, 3.8) is 0 Å². The molecule has 0 spiro atoms. The van der Waals surface area contributed by atoms with Crippen molar-refractivity contribution < 1.29 is 24.2 Å². The number of carboxylic acid groups (broad SMARTS) is 1. The first kappa shape index (κ1) is 22.4. The fourth-order valence-electron chi connectivity index (χ4n) is 5.55. The summed E-state index contributed by atoms with van der Waals surface area (Å²) in [7, 11) is 0. The zero-order valence-electron chi connectivity index (χ0n) is 19.0. The van der Waals surface area contributed by atoms with Crippen LogP contribution in [0, 0.1) is 17.8 Å². The maximum Gasteiger partial charge on any atom is 0.407 e. The van der Waals surface area contributed by atoms with Crippen LogP contribution in [-0.4, -0.2) is 42.3 Å². The minimum Gasteiger partial charge on any atom is -0.481 e. The fraction of sp³-hybridized carbons (Fsp3) is 0.444. The van der Waals surface area contributed by atoms with Crippen LogP contribution in [0.4, 0.5) is 4.79 Å². The molecule has 2 unspecified atom stereocenters. The van der Waals surface area contributed by atoms with Crippen LogP contribution in [0.5, 0.6) is 0 Å². The fourth-order valence-corrected chi connectivity index (χ4v) is 5.55. The molecule has 0 saturated heterocycles. The summed E-state index contributed by atoms with van der Waals surface area (Å²) in [6.07, 6.45) is 3.09. The number of rotatable bonds is 8. The van der Waals surface area contributed by atoms with E-state index in [1.807, 2.05) is 24.3 Å². The number of carbonyl (C=O) groups excluding carboxylic acids is 2. The molecule has 34 heavy (non-hydrogen) atoms. The van der Waals surface area contributed by atoms with Gasteiger partial charge in [-0.05, 0) is 59.8 Å². The van der Waals surface area contributed by atoms with Crippen LogP contribution in [0.15, 0.2) is 48.5 Å². The maximum atomic E-state index is 12.5. The van der Waals surface area contributed by atoms with E-state index in [0.717, 1.165) is 19.3 Å². The van der Waals surface area contributed by atoms with E-state index in [-0.39, 0.29) is 42.2 Å². The average Bonchev–Trinajstić information content (AvgIpc) is 3.39. The van der Waals surface area contributed by atoms with Gasteiger partial charge in [-0.15, -0.1) is 0 Å². The molecule has 0 radical (unpaired) electrons. The number of amides is 2. The number of alkyl carbamates (subject to hydrolysis) is 1. The van der Waals surface area contributed by atoms with Crippen molar-refractivity contribution in [2.75, 3.05) is 13.2 Å². The summed E-state index contributed by atoms with van der Waals surface area (Å²) in [6.45, 7) is 0.723. The van der Waals surface area contributed by atoms with Crippen molar-refractivity contribution in [3.05, 3.63) is 59.7 Å². The predicted octanol–water partition coefficient (Wildman–Crippen LogP) is 3.92. The van der Waals surface area contributed by atoms with Gasteiger partial charge in [0.15, 0.2) is 0 Å². The number of benzene rings is 2. The van der Waals surface area contributed by atoms with E-state index < -0.39 is 12.1 Å². The zero-order valence-corrected chi connectivity index (χ0v) is 19.0. The summed E-state index contributed by atoms with van der Waals surface area (Å²) in [5.74, 6) is -0.815. The smallest absolute Gasteiger partial charge is 0.407 e. The van der Waals surface area contributed by atoms with Crippen LogP contribution < -0.4 is 10.6 Å². The van der Waals surface area contributed by atoms with E-state index in [2.05, 4.69) is 34.9 Å². The normalized spacial score (nSPS) is 24.7. The van der Waals surface area contributed by atoms with Crippen molar-refractivity contribution in [2.24, 2.45) is 17.8 Å². The van der Waals surface area contributed by atoms with Gasteiger partial charge in [-0.25, -0.2) is 4.79 Å². The largest absolute Gasteiger partial charge is 0.481 e. The Kier molecular flexibility index (Phi) is 6.26. The predicted molar refractivity (Wildman–Crippen MR) is 126 cm³/mol. The van der Waals surface area contributed by atoms with Gasteiger partial charge in [-0.2, -0.15) is 0 Å². The number of ether oxygens (including phenoxy) is 1. The molecule has 2 saturated carbocycles. The molecule has 0 aliphatic heterocycles. The molecule has 3 aliphatic rings. The summed E-state index contributed by atoms with van der Waals surface area (Å²) >= 11 is 0. The molecule has 2 aromatic carbocycles. The van der Waals surface area contributed by atoms with E-state index in [1.165, 1.54) is 22.3 Å². The van der Waals surface area contributed by atoms with Crippen molar-refractivity contribution in [1.82, 2.24) is 10.6 Å². The van der Waals surface area contributed by atoms with Gasteiger partial charge in [0.2, 0.25) is 5.91 Å². The highest BCUT2D eigenvalue weighted by Gasteiger charge is 2.43. The van der Waals surface area contributed by atoms with Crippen molar-refractivity contribution >= 4 is 18.0 Å². The van der Waals surface area contributed by atoms with Crippen LogP contribution >= 0.6 is 0 Å². The minimum atomic E-state index is -0.780. The third kappa shape index (κ3) is 4.79. The second-order valence-electron chi connectivity index (χ2n) is 9.79. The van der Waals surface area contributed by atoms with Crippen LogP contribution in [0.3, 0.4) is 0 Å². The number of hydrogen-bond acceptors (Lipinski definition) is 4. The first-order chi connectivity index (χ1) is 16.5. The Balaban J connectivity index is 1.06. The lowest BCUT2D eigenvalue weighted by molar-refractivity contribution is -0.139. The average molecular weight is 463 g/mol. The van der Waals surface area contributed by atoms with E-state index in [4.69, 9.17) is 9.84 Å². The Morgan fingerprint density at radius 2 is 1.62 bits per heavy atom. The standard InChI is InChI=1S/C27H30N2O5/c30-25(28-14-17-13-23(17)26(31)32)12-16-9-10-18(11-16)29-27(33)34-15-24-21-7-3-1-5-19(21)20-6-2-4-8-22(20)24/h1-8,16-18,23-24H,9-15H2,(H,28,30)(H,29,33)(H,31,32)/t16-,17?,18+,23?/m0/s1. The molecule has 2 fully saturated rings. The summed E-state index contributed by atoms with van der Waals surface area (Å²) < 4.78 is 5.64. The molecule has 3 N–H and O–H groups in total. The SMILES string of the molecule is O=C(C[C@H]1CC[C@@H](NC(=O)OCC2c3ccccc3-c3ccccc32)C1)NCC1CC1C(=O)O. The van der Waals surface area contributed by atoms with Gasteiger partial charge in [0.25, 0.3) is 0 Å². The molecular formula is C27H30N2O5. The topological polar surface area (TPSA) is 105 Å². The highest BCUT2D eigenvalue weighted by molar-refractivity contribution is 5.79. The molecule has 178 valence electrons. The number of carboxylic acids is 1. The minimum absolute atomic E-state index is 0.00766.